The number of hydrogen-bond acceptors (Lipinski definition) is 2. The van der Waals surface area contributed by atoms with Crippen LogP contribution in [-0.2, 0) is 6.42 Å². The lowest BCUT2D eigenvalue weighted by molar-refractivity contribution is 0.467. The molecule has 2 heteroatoms. The summed E-state index contributed by atoms with van der Waals surface area (Å²) in [6.45, 7) is 3.59. The van der Waals surface area contributed by atoms with Crippen LogP contribution in [0.5, 0.6) is 5.75 Å². The van der Waals surface area contributed by atoms with Crippen molar-refractivity contribution in [2.45, 2.75) is 11.3 Å². The van der Waals surface area contributed by atoms with E-state index in [2.05, 4.69) is 19.2 Å². The molecule has 1 N–H and O–H groups in total. The molecule has 0 saturated carbocycles. The molecule has 0 saturated heterocycles. The van der Waals surface area contributed by atoms with Gasteiger partial charge in [0.15, 0.2) is 0 Å². The number of phenolic OH excluding ortho intramolecular Hbond substituents is 1. The Morgan fingerprint density at radius 1 is 1.55 bits per heavy atom. The average molecular weight is 166 g/mol. The predicted octanol–water partition coefficient (Wildman–Crippen LogP) is 2.41. The molecule has 58 valence electrons. The number of allylic oxidation sites excluding steroid dienone is 1. The first-order valence-electron chi connectivity index (χ1n) is 3.36. The smallest absolute Gasteiger partial charge is 0.120 e. The van der Waals surface area contributed by atoms with Crippen LogP contribution in [0.25, 0.3) is 0 Å². The number of thiol groups is 1. The fraction of sp³-hybridized carbons (Fsp3) is 0.111. The number of phenols is 1. The van der Waals surface area contributed by atoms with Gasteiger partial charge in [-0.15, -0.1) is 19.2 Å². The van der Waals surface area contributed by atoms with E-state index in [0.717, 1.165) is 10.5 Å². The molecule has 0 bridgehead atoms. The largest absolute Gasteiger partial charge is 0.508 e. The Balaban J connectivity index is 3.09. The minimum absolute atomic E-state index is 0.289. The molecule has 0 aliphatic heterocycles. The van der Waals surface area contributed by atoms with E-state index in [-0.39, 0.29) is 5.75 Å². The lowest BCUT2D eigenvalue weighted by Crippen LogP contribution is -1.83. The summed E-state index contributed by atoms with van der Waals surface area (Å²) in [6, 6.07) is 5.27. The summed E-state index contributed by atoms with van der Waals surface area (Å²) in [5.74, 6) is 0.289. The third-order valence-corrected chi connectivity index (χ3v) is 1.89. The highest BCUT2D eigenvalue weighted by molar-refractivity contribution is 7.80. The number of aromatic hydroxyl groups is 1. The molecule has 1 nitrogen and oxygen atoms in total. The molecule has 0 aromatic heterocycles. The van der Waals surface area contributed by atoms with E-state index in [1.807, 2.05) is 6.07 Å². The summed E-state index contributed by atoms with van der Waals surface area (Å²) in [4.78, 5) is 0.810. The zero-order valence-electron chi connectivity index (χ0n) is 6.12. The molecule has 1 aromatic carbocycles. The standard InChI is InChI=1S/C9H10OS/c1-2-4-7-8(10)5-3-6-9(7)11/h2-3,5-6,10-11H,1,4H2. The first-order chi connectivity index (χ1) is 5.25. The van der Waals surface area contributed by atoms with Crippen LogP contribution in [0, 0.1) is 0 Å². The summed E-state index contributed by atoms with van der Waals surface area (Å²) < 4.78 is 0. The zero-order chi connectivity index (χ0) is 8.27. The highest BCUT2D eigenvalue weighted by atomic mass is 32.1. The van der Waals surface area contributed by atoms with Crippen molar-refractivity contribution in [3.8, 4) is 5.75 Å². The molecule has 0 aliphatic carbocycles. The van der Waals surface area contributed by atoms with Gasteiger partial charge in [-0.1, -0.05) is 12.1 Å². The van der Waals surface area contributed by atoms with Gasteiger partial charge in [0, 0.05) is 10.5 Å². The highest BCUT2D eigenvalue weighted by Gasteiger charge is 2.01. The van der Waals surface area contributed by atoms with Crippen LogP contribution in [0.4, 0.5) is 0 Å². The van der Waals surface area contributed by atoms with Crippen LogP contribution in [0.15, 0.2) is 35.7 Å². The quantitative estimate of drug-likeness (QED) is 0.510. The van der Waals surface area contributed by atoms with Crippen molar-refractivity contribution in [3.05, 3.63) is 36.4 Å². The van der Waals surface area contributed by atoms with Crippen molar-refractivity contribution in [2.24, 2.45) is 0 Å². The van der Waals surface area contributed by atoms with E-state index in [1.165, 1.54) is 0 Å². The van der Waals surface area contributed by atoms with Crippen LogP contribution in [0.2, 0.25) is 0 Å². The first kappa shape index (κ1) is 8.21. The van der Waals surface area contributed by atoms with Crippen LogP contribution in [0.1, 0.15) is 5.56 Å². The molecule has 0 aliphatic rings. The van der Waals surface area contributed by atoms with E-state index < -0.39 is 0 Å². The van der Waals surface area contributed by atoms with Gasteiger partial charge in [-0.05, 0) is 18.6 Å². The normalized spacial score (nSPS) is 9.55. The van der Waals surface area contributed by atoms with Crippen LogP contribution in [-0.4, -0.2) is 5.11 Å². The lowest BCUT2D eigenvalue weighted by atomic mass is 10.1. The van der Waals surface area contributed by atoms with Gasteiger partial charge < -0.3 is 5.11 Å². The fourth-order valence-electron chi connectivity index (χ4n) is 0.916. The monoisotopic (exact) mass is 166 g/mol. The number of benzene rings is 1. The Morgan fingerprint density at radius 2 is 2.27 bits per heavy atom. The SMILES string of the molecule is C=CCc1c(O)cccc1S. The van der Waals surface area contributed by atoms with Crippen molar-refractivity contribution in [3.63, 3.8) is 0 Å². The van der Waals surface area contributed by atoms with E-state index in [0.29, 0.717) is 6.42 Å². The molecular formula is C9H10OS. The summed E-state index contributed by atoms with van der Waals surface area (Å²) in [6.07, 6.45) is 2.40. The predicted molar refractivity (Wildman–Crippen MR) is 49.3 cm³/mol. The van der Waals surface area contributed by atoms with Gasteiger partial charge in [0.25, 0.3) is 0 Å². The third-order valence-electron chi connectivity index (χ3n) is 1.48. The second kappa shape index (κ2) is 3.49. The second-order valence-electron chi connectivity index (χ2n) is 2.27. The minimum Gasteiger partial charge on any atom is -0.508 e. The Kier molecular flexibility index (Phi) is 2.60. The van der Waals surface area contributed by atoms with Gasteiger partial charge in [-0.2, -0.15) is 0 Å². The molecule has 0 heterocycles. The van der Waals surface area contributed by atoms with E-state index >= 15 is 0 Å². The van der Waals surface area contributed by atoms with Gasteiger partial charge in [-0.25, -0.2) is 0 Å². The summed E-state index contributed by atoms with van der Waals surface area (Å²) in [5.41, 5.74) is 0.839. The van der Waals surface area contributed by atoms with E-state index in [9.17, 15) is 5.11 Å². The molecule has 0 unspecified atom stereocenters. The van der Waals surface area contributed by atoms with Gasteiger partial charge in [0.1, 0.15) is 5.75 Å². The molecular weight excluding hydrogens is 156 g/mol. The molecule has 0 spiro atoms. The first-order valence-corrected chi connectivity index (χ1v) is 3.81. The van der Waals surface area contributed by atoms with Gasteiger partial charge in [-0.3, -0.25) is 0 Å². The molecule has 1 rings (SSSR count). The highest BCUT2D eigenvalue weighted by Crippen LogP contribution is 2.24. The fourth-order valence-corrected chi connectivity index (χ4v) is 1.21. The molecule has 0 fully saturated rings. The average Bonchev–Trinajstić information content (AvgIpc) is 1.97. The zero-order valence-corrected chi connectivity index (χ0v) is 7.01. The lowest BCUT2D eigenvalue weighted by Gasteiger charge is -2.03. The van der Waals surface area contributed by atoms with Crippen LogP contribution >= 0.6 is 12.6 Å². The van der Waals surface area contributed by atoms with E-state index in [1.54, 1.807) is 18.2 Å². The maximum Gasteiger partial charge on any atom is 0.120 e. The van der Waals surface area contributed by atoms with Crippen LogP contribution in [0.3, 0.4) is 0 Å². The molecule has 11 heavy (non-hydrogen) atoms. The number of hydrogen-bond donors (Lipinski definition) is 2. The Bertz CT molecular complexity index is 248. The summed E-state index contributed by atoms with van der Waals surface area (Å²) in [5, 5.41) is 9.33. The maximum absolute atomic E-state index is 9.33. The van der Waals surface area contributed by atoms with Crippen LogP contribution < -0.4 is 0 Å². The van der Waals surface area contributed by atoms with Gasteiger partial charge in [0.05, 0.1) is 0 Å². The van der Waals surface area contributed by atoms with Crippen molar-refractivity contribution in [1.29, 1.82) is 0 Å². The summed E-state index contributed by atoms with van der Waals surface area (Å²) >= 11 is 4.19. The Labute approximate surface area is 71.8 Å². The minimum atomic E-state index is 0.289. The van der Waals surface area contributed by atoms with Crippen molar-refractivity contribution in [2.75, 3.05) is 0 Å². The Morgan fingerprint density at radius 3 is 2.82 bits per heavy atom. The summed E-state index contributed by atoms with van der Waals surface area (Å²) in [7, 11) is 0. The second-order valence-corrected chi connectivity index (χ2v) is 2.75. The van der Waals surface area contributed by atoms with E-state index in [4.69, 9.17) is 0 Å². The number of rotatable bonds is 2. The van der Waals surface area contributed by atoms with Crippen molar-refractivity contribution < 1.29 is 5.11 Å². The molecule has 0 atom stereocenters. The van der Waals surface area contributed by atoms with Gasteiger partial charge >= 0.3 is 0 Å². The van der Waals surface area contributed by atoms with Gasteiger partial charge in [0.2, 0.25) is 0 Å². The molecule has 0 amide bonds. The Hall–Kier alpha value is -0.890. The van der Waals surface area contributed by atoms with Crippen molar-refractivity contribution in [1.82, 2.24) is 0 Å². The molecule has 1 aromatic rings. The van der Waals surface area contributed by atoms with Crippen molar-refractivity contribution >= 4 is 12.6 Å². The topological polar surface area (TPSA) is 20.2 Å². The molecule has 0 radical (unpaired) electrons. The third kappa shape index (κ3) is 1.77. The maximum atomic E-state index is 9.33.